The minimum absolute atomic E-state index is 0.0694. The quantitative estimate of drug-likeness (QED) is 0.548. The lowest BCUT2D eigenvalue weighted by molar-refractivity contribution is 0.0173. The largest absolute Gasteiger partial charge is 0.494 e. The van der Waals surface area contributed by atoms with Gasteiger partial charge >= 0.3 is 0 Å². The first kappa shape index (κ1) is 22.8. The van der Waals surface area contributed by atoms with Gasteiger partial charge in [-0.3, -0.25) is 9.89 Å². The van der Waals surface area contributed by atoms with Gasteiger partial charge in [0, 0.05) is 19.1 Å². The first-order valence-corrected chi connectivity index (χ1v) is 11.2. The van der Waals surface area contributed by atoms with Crippen LogP contribution in [0.5, 0.6) is 5.75 Å². The Morgan fingerprint density at radius 2 is 1.90 bits per heavy atom. The number of piperidine rings is 2. The van der Waals surface area contributed by atoms with Crippen LogP contribution in [0.4, 0.5) is 4.39 Å². The van der Waals surface area contributed by atoms with Crippen LogP contribution in [0.15, 0.2) is 23.2 Å². The SMILES string of the molecule is CN=C(NCC1(N2CCCCC2)CCN(C)CC1)NC(C)c1ccc(OC)c(F)c1. The Morgan fingerprint density at radius 1 is 1.20 bits per heavy atom. The molecule has 0 radical (unpaired) electrons. The van der Waals surface area contributed by atoms with Gasteiger partial charge in [-0.1, -0.05) is 12.5 Å². The van der Waals surface area contributed by atoms with E-state index in [4.69, 9.17) is 4.74 Å². The molecule has 0 bridgehead atoms. The molecule has 3 rings (SSSR count). The molecule has 2 aliphatic heterocycles. The van der Waals surface area contributed by atoms with Crippen LogP contribution in [0.2, 0.25) is 0 Å². The zero-order valence-electron chi connectivity index (χ0n) is 19.0. The van der Waals surface area contributed by atoms with Crippen molar-refractivity contribution in [2.45, 2.75) is 50.6 Å². The van der Waals surface area contributed by atoms with Crippen LogP contribution in [0.1, 0.15) is 50.6 Å². The highest BCUT2D eigenvalue weighted by molar-refractivity contribution is 5.80. The molecule has 2 fully saturated rings. The number of aliphatic imine (C=N–C) groups is 1. The fraction of sp³-hybridized carbons (Fsp3) is 0.696. The molecule has 6 nitrogen and oxygen atoms in total. The van der Waals surface area contributed by atoms with E-state index in [2.05, 4.69) is 32.5 Å². The van der Waals surface area contributed by atoms with E-state index in [1.165, 1.54) is 58.4 Å². The summed E-state index contributed by atoms with van der Waals surface area (Å²) in [5, 5.41) is 7.01. The summed E-state index contributed by atoms with van der Waals surface area (Å²) in [6, 6.07) is 5.01. The van der Waals surface area contributed by atoms with Crippen molar-refractivity contribution in [3.8, 4) is 5.75 Å². The van der Waals surface area contributed by atoms with Crippen molar-refractivity contribution in [2.24, 2.45) is 4.99 Å². The van der Waals surface area contributed by atoms with Crippen LogP contribution in [0.3, 0.4) is 0 Å². The average molecular weight is 420 g/mol. The lowest BCUT2D eigenvalue weighted by Gasteiger charge is -2.50. The van der Waals surface area contributed by atoms with Gasteiger partial charge in [0.25, 0.3) is 0 Å². The molecule has 0 saturated carbocycles. The molecule has 7 heteroatoms. The third-order valence-corrected chi connectivity index (χ3v) is 6.78. The lowest BCUT2D eigenvalue weighted by Crippen LogP contribution is -2.62. The van der Waals surface area contributed by atoms with Gasteiger partial charge in [0.1, 0.15) is 0 Å². The molecule has 2 heterocycles. The number of rotatable bonds is 6. The summed E-state index contributed by atoms with van der Waals surface area (Å²) in [5.74, 6) is 0.676. The Hall–Kier alpha value is -1.86. The standard InChI is InChI=1S/C23H38FN5O/c1-18(19-8-9-21(30-4)20(24)16-19)27-22(25-2)26-17-23(10-14-28(3)15-11-23)29-12-6-5-7-13-29/h8-9,16,18H,5-7,10-15,17H2,1-4H3,(H2,25,26,27). The van der Waals surface area contributed by atoms with Crippen LogP contribution >= 0.6 is 0 Å². The highest BCUT2D eigenvalue weighted by atomic mass is 19.1. The van der Waals surface area contributed by atoms with Crippen molar-refractivity contribution in [2.75, 3.05) is 53.9 Å². The van der Waals surface area contributed by atoms with Gasteiger partial charge in [0.05, 0.1) is 13.2 Å². The molecule has 1 aromatic rings. The van der Waals surface area contributed by atoms with E-state index in [1.54, 1.807) is 13.1 Å². The number of ether oxygens (including phenoxy) is 1. The van der Waals surface area contributed by atoms with E-state index in [1.807, 2.05) is 13.0 Å². The number of hydrogen-bond donors (Lipinski definition) is 2. The first-order valence-electron chi connectivity index (χ1n) is 11.2. The third kappa shape index (κ3) is 5.43. The van der Waals surface area contributed by atoms with E-state index in [9.17, 15) is 4.39 Å². The molecule has 30 heavy (non-hydrogen) atoms. The monoisotopic (exact) mass is 419 g/mol. The minimum Gasteiger partial charge on any atom is -0.494 e. The second-order valence-electron chi connectivity index (χ2n) is 8.76. The Morgan fingerprint density at radius 3 is 2.50 bits per heavy atom. The summed E-state index contributed by atoms with van der Waals surface area (Å²) in [4.78, 5) is 9.57. The van der Waals surface area contributed by atoms with Gasteiger partial charge in [-0.05, 0) is 83.5 Å². The maximum atomic E-state index is 14.1. The van der Waals surface area contributed by atoms with Crippen molar-refractivity contribution >= 4 is 5.96 Å². The zero-order valence-corrected chi connectivity index (χ0v) is 19.0. The second kappa shape index (κ2) is 10.4. The maximum Gasteiger partial charge on any atom is 0.191 e. The van der Waals surface area contributed by atoms with Crippen LogP contribution < -0.4 is 15.4 Å². The predicted molar refractivity (Wildman–Crippen MR) is 121 cm³/mol. The van der Waals surface area contributed by atoms with Crippen molar-refractivity contribution in [1.29, 1.82) is 0 Å². The number of benzene rings is 1. The van der Waals surface area contributed by atoms with E-state index in [0.717, 1.165) is 31.2 Å². The second-order valence-corrected chi connectivity index (χ2v) is 8.76. The van der Waals surface area contributed by atoms with E-state index < -0.39 is 0 Å². The molecule has 2 saturated heterocycles. The smallest absolute Gasteiger partial charge is 0.191 e. The Kier molecular flexibility index (Phi) is 7.94. The molecule has 168 valence electrons. The molecule has 0 spiro atoms. The van der Waals surface area contributed by atoms with Gasteiger partial charge in [0.2, 0.25) is 0 Å². The topological polar surface area (TPSA) is 52.1 Å². The van der Waals surface area contributed by atoms with Gasteiger partial charge in [-0.2, -0.15) is 0 Å². The first-order chi connectivity index (χ1) is 14.5. The molecule has 1 atom stereocenters. The van der Waals surface area contributed by atoms with Crippen molar-refractivity contribution in [1.82, 2.24) is 20.4 Å². The van der Waals surface area contributed by atoms with Crippen LogP contribution in [0.25, 0.3) is 0 Å². The van der Waals surface area contributed by atoms with Crippen LogP contribution in [-0.2, 0) is 0 Å². The Labute approximate surface area is 180 Å². The molecule has 2 aliphatic rings. The minimum atomic E-state index is -0.345. The summed E-state index contributed by atoms with van der Waals surface area (Å²) in [6.07, 6.45) is 6.29. The number of nitrogens with zero attached hydrogens (tertiary/aromatic N) is 3. The summed E-state index contributed by atoms with van der Waals surface area (Å²) in [6.45, 7) is 7.55. The van der Waals surface area contributed by atoms with Gasteiger partial charge in [-0.25, -0.2) is 4.39 Å². The highest BCUT2D eigenvalue weighted by Crippen LogP contribution is 2.31. The Bertz CT molecular complexity index is 712. The molecule has 0 aromatic heterocycles. The fourth-order valence-electron chi connectivity index (χ4n) is 4.69. The molecule has 1 aromatic carbocycles. The molecule has 1 unspecified atom stereocenters. The lowest BCUT2D eigenvalue weighted by atomic mass is 9.84. The maximum absolute atomic E-state index is 14.1. The number of guanidine groups is 1. The van der Waals surface area contributed by atoms with Crippen molar-refractivity contribution in [3.63, 3.8) is 0 Å². The third-order valence-electron chi connectivity index (χ3n) is 6.78. The van der Waals surface area contributed by atoms with E-state index >= 15 is 0 Å². The average Bonchev–Trinajstić information content (AvgIpc) is 2.78. The summed E-state index contributed by atoms with van der Waals surface area (Å²) < 4.78 is 19.1. The Balaban J connectivity index is 1.64. The van der Waals surface area contributed by atoms with Crippen molar-refractivity contribution in [3.05, 3.63) is 29.6 Å². The normalized spacial score (nSPS) is 21.8. The van der Waals surface area contributed by atoms with E-state index in [-0.39, 0.29) is 23.1 Å². The predicted octanol–water partition coefficient (Wildman–Crippen LogP) is 3.01. The number of nitrogens with one attached hydrogen (secondary N) is 2. The van der Waals surface area contributed by atoms with Gasteiger partial charge in [-0.15, -0.1) is 0 Å². The molecular formula is C23H38FN5O. The summed E-state index contributed by atoms with van der Waals surface area (Å²) in [7, 11) is 5.48. The number of halogens is 1. The highest BCUT2D eigenvalue weighted by Gasteiger charge is 2.39. The number of likely N-dealkylation sites (tertiary alicyclic amines) is 2. The molecular weight excluding hydrogens is 381 g/mol. The molecule has 0 amide bonds. The zero-order chi connectivity index (χ0) is 21.6. The number of methoxy groups -OCH3 is 1. The number of hydrogen-bond acceptors (Lipinski definition) is 4. The van der Waals surface area contributed by atoms with Gasteiger partial charge in [0.15, 0.2) is 17.5 Å². The molecule has 2 N–H and O–H groups in total. The summed E-state index contributed by atoms with van der Waals surface area (Å²) in [5.41, 5.74) is 1.04. The fourth-order valence-corrected chi connectivity index (χ4v) is 4.69. The van der Waals surface area contributed by atoms with Gasteiger partial charge < -0.3 is 20.3 Å². The molecule has 0 aliphatic carbocycles. The van der Waals surface area contributed by atoms with E-state index in [0.29, 0.717) is 0 Å². The van der Waals surface area contributed by atoms with Crippen LogP contribution in [-0.4, -0.2) is 75.2 Å². The summed E-state index contributed by atoms with van der Waals surface area (Å²) >= 11 is 0. The van der Waals surface area contributed by atoms with Crippen molar-refractivity contribution < 1.29 is 9.13 Å². The van der Waals surface area contributed by atoms with Crippen LogP contribution in [0, 0.1) is 5.82 Å².